The van der Waals surface area contributed by atoms with E-state index in [1.54, 1.807) is 32.0 Å². The summed E-state index contributed by atoms with van der Waals surface area (Å²) in [4.78, 5) is 16.5. The van der Waals surface area contributed by atoms with Crippen molar-refractivity contribution in [2.24, 2.45) is 5.92 Å². The first-order chi connectivity index (χ1) is 17.1. The largest absolute Gasteiger partial charge is 0.493 e. The molecule has 3 rings (SSSR count). The quantitative estimate of drug-likeness (QED) is 0.304. The molecule has 2 aromatic carbocycles. The predicted molar refractivity (Wildman–Crippen MR) is 138 cm³/mol. The highest BCUT2D eigenvalue weighted by Crippen LogP contribution is 2.30. The summed E-state index contributed by atoms with van der Waals surface area (Å²) < 4.78 is 39.7. The number of hydrogen-bond acceptors (Lipinski definition) is 9. The van der Waals surface area contributed by atoms with Gasteiger partial charge in [0.25, 0.3) is 11.1 Å². The number of nitrogens with zero attached hydrogens (tertiary/aromatic N) is 3. The summed E-state index contributed by atoms with van der Waals surface area (Å²) in [5.41, 5.74) is 2.50. The van der Waals surface area contributed by atoms with Crippen LogP contribution in [0.4, 0.5) is 5.13 Å². The molecule has 36 heavy (non-hydrogen) atoms. The fourth-order valence-corrected chi connectivity index (χ4v) is 5.55. The van der Waals surface area contributed by atoms with E-state index in [1.165, 1.54) is 13.2 Å². The number of nitriles is 1. The molecule has 11 heteroatoms. The van der Waals surface area contributed by atoms with Crippen molar-refractivity contribution >= 4 is 38.5 Å². The Morgan fingerprint density at radius 3 is 2.64 bits per heavy atom. The van der Waals surface area contributed by atoms with Gasteiger partial charge in [0.1, 0.15) is 18.2 Å². The van der Waals surface area contributed by atoms with Gasteiger partial charge in [-0.1, -0.05) is 44.2 Å². The zero-order chi connectivity index (χ0) is 26.3. The van der Waals surface area contributed by atoms with Gasteiger partial charge in [-0.2, -0.15) is 14.6 Å². The first-order valence-corrected chi connectivity index (χ1v) is 13.4. The number of amides is 1. The average molecular weight is 527 g/mol. The van der Waals surface area contributed by atoms with Crippen LogP contribution in [0.25, 0.3) is 6.08 Å². The molecule has 0 aliphatic carbocycles. The normalized spacial score (nSPS) is 11.7. The molecule has 9 nitrogen and oxygen atoms in total. The highest BCUT2D eigenvalue weighted by atomic mass is 32.2. The number of carbonyl (C=O) groups excluding carboxylic acids is 1. The van der Waals surface area contributed by atoms with E-state index in [-0.39, 0.29) is 27.5 Å². The van der Waals surface area contributed by atoms with Gasteiger partial charge in [-0.25, -0.2) is 8.42 Å². The van der Waals surface area contributed by atoms with Crippen molar-refractivity contribution in [3.05, 3.63) is 64.7 Å². The van der Waals surface area contributed by atoms with E-state index in [4.69, 9.17) is 9.47 Å². The summed E-state index contributed by atoms with van der Waals surface area (Å²) in [6.07, 6.45) is 1.39. The minimum absolute atomic E-state index is 0.0129. The highest BCUT2D eigenvalue weighted by molar-refractivity contribution is 7.91. The van der Waals surface area contributed by atoms with E-state index in [1.807, 2.05) is 37.3 Å². The minimum Gasteiger partial charge on any atom is -0.493 e. The smallest absolute Gasteiger partial charge is 0.268 e. The van der Waals surface area contributed by atoms with Crippen LogP contribution < -0.4 is 14.8 Å². The molecule has 3 aromatic rings. The predicted octanol–water partition coefficient (Wildman–Crippen LogP) is 4.41. The van der Waals surface area contributed by atoms with Crippen molar-refractivity contribution in [1.82, 2.24) is 9.36 Å². The van der Waals surface area contributed by atoms with Crippen molar-refractivity contribution in [3.63, 3.8) is 0 Å². The molecule has 0 atom stereocenters. The number of rotatable bonds is 10. The molecule has 0 saturated carbocycles. The Kier molecular flexibility index (Phi) is 8.79. The van der Waals surface area contributed by atoms with Crippen LogP contribution in [0.2, 0.25) is 0 Å². The van der Waals surface area contributed by atoms with Gasteiger partial charge >= 0.3 is 0 Å². The molecule has 0 saturated heterocycles. The van der Waals surface area contributed by atoms with Gasteiger partial charge in [0.05, 0.1) is 12.9 Å². The lowest BCUT2D eigenvalue weighted by Gasteiger charge is -2.12. The Bertz CT molecular complexity index is 1420. The third kappa shape index (κ3) is 6.90. The number of benzene rings is 2. The molecule has 1 heterocycles. The van der Waals surface area contributed by atoms with E-state index >= 15 is 0 Å². The lowest BCUT2D eigenvalue weighted by molar-refractivity contribution is -0.112. The molecule has 0 spiro atoms. The fourth-order valence-electron chi connectivity index (χ4n) is 3.20. The number of ether oxygens (including phenoxy) is 2. The lowest BCUT2D eigenvalue weighted by Crippen LogP contribution is -2.15. The number of carbonyl (C=O) groups is 1. The zero-order valence-electron chi connectivity index (χ0n) is 20.3. The van der Waals surface area contributed by atoms with Gasteiger partial charge in [0.2, 0.25) is 15.0 Å². The third-order valence-corrected chi connectivity index (χ3v) is 7.56. The standard InChI is InChI=1S/C25H26N4O5S2/c1-16(2)15-36(31,32)25-28-24(35-29-25)27-23(30)20(13-26)11-18-9-10-21(22(12-18)33-4)34-14-19-8-6-5-7-17(19)3/h5-12,16H,14-15H2,1-4H3,(H,27,28,29,30)/b20-11-. The van der Waals surface area contributed by atoms with Crippen LogP contribution in [0, 0.1) is 24.2 Å². The van der Waals surface area contributed by atoms with Crippen LogP contribution >= 0.6 is 11.5 Å². The molecule has 0 aliphatic heterocycles. The SMILES string of the molecule is COc1cc(/C=C(/C#N)C(=O)Nc2nc(S(=O)(=O)CC(C)C)ns2)ccc1OCc1ccccc1C. The van der Waals surface area contributed by atoms with Crippen molar-refractivity contribution < 1.29 is 22.7 Å². The van der Waals surface area contributed by atoms with Crippen LogP contribution in [0.3, 0.4) is 0 Å². The number of aromatic nitrogens is 2. The van der Waals surface area contributed by atoms with Crippen LogP contribution in [0.5, 0.6) is 11.5 Å². The topological polar surface area (TPSA) is 131 Å². The Morgan fingerprint density at radius 2 is 1.97 bits per heavy atom. The van der Waals surface area contributed by atoms with Crippen molar-refractivity contribution in [3.8, 4) is 17.6 Å². The van der Waals surface area contributed by atoms with Crippen molar-refractivity contribution in [1.29, 1.82) is 5.26 Å². The fraction of sp³-hybridized carbons (Fsp3) is 0.280. The Labute approximate surface area is 214 Å². The van der Waals surface area contributed by atoms with E-state index in [0.29, 0.717) is 23.7 Å². The molecule has 1 aromatic heterocycles. The second-order valence-corrected chi connectivity index (χ2v) is 11.0. The second-order valence-electron chi connectivity index (χ2n) is 8.31. The Balaban J connectivity index is 1.74. The molecule has 0 aliphatic rings. The maximum atomic E-state index is 12.6. The summed E-state index contributed by atoms with van der Waals surface area (Å²) in [5.74, 6) is 0.0256. The number of nitrogens with one attached hydrogen (secondary N) is 1. The average Bonchev–Trinajstić information content (AvgIpc) is 3.31. The van der Waals surface area contributed by atoms with Gasteiger partial charge in [-0.3, -0.25) is 10.1 Å². The first kappa shape index (κ1) is 26.8. The molecule has 1 amide bonds. The number of methoxy groups -OCH3 is 1. The molecule has 188 valence electrons. The molecular formula is C25H26N4O5S2. The Morgan fingerprint density at radius 1 is 1.22 bits per heavy atom. The first-order valence-electron chi connectivity index (χ1n) is 11.0. The van der Waals surface area contributed by atoms with E-state index in [0.717, 1.165) is 22.7 Å². The van der Waals surface area contributed by atoms with Gasteiger partial charge < -0.3 is 9.47 Å². The van der Waals surface area contributed by atoms with Gasteiger partial charge in [0, 0.05) is 11.5 Å². The maximum absolute atomic E-state index is 12.6. The van der Waals surface area contributed by atoms with E-state index < -0.39 is 15.7 Å². The molecule has 0 bridgehead atoms. The van der Waals surface area contributed by atoms with Crippen LogP contribution in [0.1, 0.15) is 30.5 Å². The summed E-state index contributed by atoms with van der Waals surface area (Å²) in [7, 11) is -2.15. The van der Waals surface area contributed by atoms with Crippen molar-refractivity contribution in [2.45, 2.75) is 32.5 Å². The number of anilines is 1. The molecule has 1 N–H and O–H groups in total. The van der Waals surface area contributed by atoms with Crippen molar-refractivity contribution in [2.75, 3.05) is 18.2 Å². The van der Waals surface area contributed by atoms with Crippen LogP contribution in [-0.4, -0.2) is 36.5 Å². The van der Waals surface area contributed by atoms with Crippen LogP contribution in [0.15, 0.2) is 53.2 Å². The molecule has 0 radical (unpaired) electrons. The number of aryl methyl sites for hydroxylation is 1. The highest BCUT2D eigenvalue weighted by Gasteiger charge is 2.23. The third-order valence-electron chi connectivity index (χ3n) is 4.97. The summed E-state index contributed by atoms with van der Waals surface area (Å²) in [6, 6.07) is 14.8. The molecule has 0 fully saturated rings. The van der Waals surface area contributed by atoms with Gasteiger partial charge in [-0.05, 0) is 47.7 Å². The summed E-state index contributed by atoms with van der Waals surface area (Å²) in [6.45, 7) is 5.91. The molecule has 0 unspecified atom stereocenters. The number of sulfone groups is 1. The lowest BCUT2D eigenvalue weighted by atomic mass is 10.1. The summed E-state index contributed by atoms with van der Waals surface area (Å²) in [5, 5.41) is 11.6. The zero-order valence-corrected chi connectivity index (χ0v) is 21.9. The molecular weight excluding hydrogens is 500 g/mol. The Hall–Kier alpha value is -3.75. The van der Waals surface area contributed by atoms with E-state index in [9.17, 15) is 18.5 Å². The van der Waals surface area contributed by atoms with Gasteiger partial charge in [0.15, 0.2) is 11.5 Å². The monoisotopic (exact) mass is 526 g/mol. The minimum atomic E-state index is -3.65. The van der Waals surface area contributed by atoms with Crippen LogP contribution in [-0.2, 0) is 21.2 Å². The number of hydrogen-bond donors (Lipinski definition) is 1. The second kappa shape index (κ2) is 11.8. The maximum Gasteiger partial charge on any atom is 0.268 e. The van der Waals surface area contributed by atoms with Gasteiger partial charge in [-0.15, -0.1) is 0 Å². The summed E-state index contributed by atoms with van der Waals surface area (Å²) >= 11 is 0.733. The van der Waals surface area contributed by atoms with E-state index in [2.05, 4.69) is 14.7 Å².